The molecule has 0 aliphatic rings. The number of nitrogens with zero attached hydrogens (tertiary/aromatic N) is 1. The van der Waals surface area contributed by atoms with Crippen molar-refractivity contribution in [3.63, 3.8) is 0 Å². The third-order valence-corrected chi connectivity index (χ3v) is 1.63. The minimum atomic E-state index is -6.83. The Hall–Kier alpha value is 0.0700. The number of likely N-dealkylation sites (N-methyl/N-ethyl adjacent to an activating group) is 1. The highest BCUT2D eigenvalue weighted by Crippen LogP contribution is 2.39. The molecule has 0 aromatic carbocycles. The van der Waals surface area contributed by atoms with E-state index in [2.05, 4.69) is 9.42 Å². The Bertz CT molecular complexity index is 1610. The maximum absolute atomic E-state index is 12.6. The molecule has 0 bridgehead atoms. The van der Waals surface area contributed by atoms with E-state index in [0.717, 1.165) is 0 Å². The summed E-state index contributed by atoms with van der Waals surface area (Å²) in [5.41, 5.74) is 0. The van der Waals surface area contributed by atoms with Gasteiger partial charge in [0, 0.05) is 34.3 Å². The summed E-state index contributed by atoms with van der Waals surface area (Å²) in [6, 6.07) is 0. The Balaban J connectivity index is 8.65. The second-order valence-corrected chi connectivity index (χ2v) is 4.17. The fourth-order valence-corrected chi connectivity index (χ4v) is 0.994. The predicted octanol–water partition coefficient (Wildman–Crippen LogP) is 4.48. The van der Waals surface area contributed by atoms with Gasteiger partial charge in [-0.2, -0.15) is 0 Å². The Labute approximate surface area is 196 Å². The molecule has 0 spiro atoms. The van der Waals surface area contributed by atoms with Crippen LogP contribution in [0.5, 0.6) is 0 Å². The Kier molecular flexibility index (Phi) is 1.68. The molecule has 0 amide bonds. The predicted molar refractivity (Wildman–Crippen MR) is 96.3 cm³/mol. The summed E-state index contributed by atoms with van der Waals surface area (Å²) in [7, 11) is -6.83. The number of hydrogen-bond donors (Lipinski definition) is 2. The SMILES string of the molecule is [2H]OP(=O)(O)OC([2H])(C([2H])([2H])C([2H])([2H])C([2H])([2H])C([2H])([2H])C([2H])([2H])C([2H])([2H])C([2H])([2H])C([2H])([2H])C([2H])([2H])C([2H])([2H])C([2H])([2H])C([2H])([2H])[2H])C([2H])([2H])[N+](C([2H])([2H])[2H])(C([2H])([2H])[2H])C([2H])([2H])[2H]. The molecule has 23 heavy (non-hydrogen) atoms. The maximum atomic E-state index is 12.6. The standard InChI is InChI=1S/C17H38NO4P/c1-5-6-7-8-9-10-11-12-13-14-15-17(16-18(2,3)4)22-23(19,20)21/h17H,5-16H2,1-4H3,(H-,19,20,21)/p+1/i1D3,2D3,3D3,4D3,5D2,6D2,7D2,8D2,9D2,10D2,11D2,12D2,13D2,14D2,15D2,16D2,17D/hD. The van der Waals surface area contributed by atoms with Gasteiger partial charge in [0.05, 0.1) is 37.4 Å². The summed E-state index contributed by atoms with van der Waals surface area (Å²) >= 11 is 0. The monoisotopic (exact) mass is 390 g/mol. The molecule has 0 aromatic heterocycles. The van der Waals surface area contributed by atoms with Crippen molar-refractivity contribution in [1.29, 1.82) is 1.43 Å². The molecular weight excluding hydrogens is 313 g/mol. The van der Waals surface area contributed by atoms with Crippen LogP contribution in [0.3, 0.4) is 0 Å². The van der Waals surface area contributed by atoms with Gasteiger partial charge in [0.25, 0.3) is 0 Å². The molecule has 0 radical (unpaired) electrons. The van der Waals surface area contributed by atoms with E-state index < -0.39 is 123 Å². The average Bonchev–Trinajstić information content (AvgIpc) is 2.96. The van der Waals surface area contributed by atoms with Crippen LogP contribution in [0.15, 0.2) is 0 Å². The molecule has 2 N–H and O–H groups in total. The van der Waals surface area contributed by atoms with Crippen molar-refractivity contribution < 1.29 is 74.1 Å². The largest absolute Gasteiger partial charge is 0.470 e. The Morgan fingerprint density at radius 3 is 2.22 bits per heavy atom. The first-order valence-electron chi connectivity index (χ1n) is 24.0. The first-order chi connectivity index (χ1) is 25.5. The highest BCUT2D eigenvalue weighted by atomic mass is 31.2. The summed E-state index contributed by atoms with van der Waals surface area (Å²) in [5, 5.41) is 0. The number of hydrogen-bond acceptors (Lipinski definition) is 3. The summed E-state index contributed by atoms with van der Waals surface area (Å²) in [6.45, 7) is -24.9. The zero-order valence-electron chi connectivity index (χ0n) is 49.1. The topological polar surface area (TPSA) is 66.8 Å². The van der Waals surface area contributed by atoms with Crippen LogP contribution in [0.2, 0.25) is 0 Å². The van der Waals surface area contributed by atoms with Crippen LogP contribution in [-0.2, 0) is 9.09 Å². The molecule has 0 fully saturated rings. The lowest BCUT2D eigenvalue weighted by atomic mass is 10.0. The van der Waals surface area contributed by atoms with E-state index in [1.54, 1.807) is 0 Å². The number of phosphoric ester groups is 1. The normalized spacial score (nSPS) is 51.7. The molecule has 0 aliphatic heterocycles. The van der Waals surface area contributed by atoms with E-state index in [4.69, 9.17) is 52.1 Å². The van der Waals surface area contributed by atoms with Gasteiger partial charge >= 0.3 is 7.82 Å². The van der Waals surface area contributed by atoms with Gasteiger partial charge in [-0.1, -0.05) is 70.6 Å². The van der Waals surface area contributed by atoms with Gasteiger partial charge in [0.1, 0.15) is 12.6 Å². The van der Waals surface area contributed by atoms with Gasteiger partial charge in [-0.05, 0) is 6.37 Å². The van der Waals surface area contributed by atoms with E-state index in [9.17, 15) is 9.46 Å². The van der Waals surface area contributed by atoms with Crippen molar-refractivity contribution in [2.45, 2.75) is 83.0 Å². The van der Waals surface area contributed by atoms with Gasteiger partial charge in [-0.3, -0.25) is 4.52 Å². The van der Waals surface area contributed by atoms with Crippen LogP contribution in [0.25, 0.3) is 0 Å². The van der Waals surface area contributed by atoms with Crippen molar-refractivity contribution >= 4 is 7.82 Å². The third-order valence-electron chi connectivity index (χ3n) is 1.21. The van der Waals surface area contributed by atoms with E-state index >= 15 is 0 Å². The highest BCUT2D eigenvalue weighted by molar-refractivity contribution is 7.46. The van der Waals surface area contributed by atoms with Crippen LogP contribution in [0.1, 0.15) is 128 Å². The molecule has 140 valence electrons. The lowest BCUT2D eigenvalue weighted by molar-refractivity contribution is -0.873. The van der Waals surface area contributed by atoms with Crippen molar-refractivity contribution in [3.8, 4) is 0 Å². The zero-order chi connectivity index (χ0) is 50.9. The van der Waals surface area contributed by atoms with Crippen molar-refractivity contribution in [1.82, 2.24) is 0 Å². The summed E-state index contributed by atoms with van der Waals surface area (Å²) in [6.07, 6.45) is -63.7. The van der Waals surface area contributed by atoms with Crippen molar-refractivity contribution in [2.24, 2.45) is 0 Å². The molecule has 0 saturated heterocycles. The molecule has 5 nitrogen and oxygen atoms in total. The minimum Gasteiger partial charge on any atom is -0.329 e. The second-order valence-electron chi connectivity index (χ2n) is 3.05. The summed E-state index contributed by atoms with van der Waals surface area (Å²) < 4.78 is 316. The fourth-order valence-electron chi connectivity index (χ4n) is 0.677. The van der Waals surface area contributed by atoms with E-state index in [1.807, 2.05) is 0 Å². The fraction of sp³-hybridized carbons (Fsp3) is 1.00. The first kappa shape index (κ1) is 3.11. The van der Waals surface area contributed by atoms with Crippen LogP contribution in [0, 0.1) is 0 Å². The van der Waals surface area contributed by atoms with Crippen LogP contribution >= 0.6 is 7.82 Å². The zero-order valence-corrected chi connectivity index (χ0v) is 12.0. The van der Waals surface area contributed by atoms with Crippen LogP contribution in [0.4, 0.5) is 0 Å². The molecule has 2 atom stereocenters. The van der Waals surface area contributed by atoms with Crippen LogP contribution < -0.4 is 0 Å². The van der Waals surface area contributed by atoms with E-state index in [1.165, 1.54) is 0 Å². The quantitative estimate of drug-likeness (QED) is 0.301. The molecule has 0 heterocycles. The van der Waals surface area contributed by atoms with E-state index in [-0.39, 0.29) is 0 Å². The second kappa shape index (κ2) is 12.4. The molecule has 0 saturated carbocycles. The first-order valence-corrected chi connectivity index (χ1v) is 6.59. The molecule has 0 aliphatic carbocycles. The van der Waals surface area contributed by atoms with Crippen LogP contribution in [-0.4, -0.2) is 49.2 Å². The minimum absolute atomic E-state index is 3.19. The number of rotatable bonds is 16. The third kappa shape index (κ3) is 18.3. The van der Waals surface area contributed by atoms with Crippen molar-refractivity contribution in [2.75, 3.05) is 27.4 Å². The van der Waals surface area contributed by atoms with Gasteiger partial charge in [0.2, 0.25) is 1.43 Å². The van der Waals surface area contributed by atoms with Gasteiger partial charge in [-0.15, -0.1) is 0 Å². The molecular formula is C17H39NO4P+. The van der Waals surface area contributed by atoms with Crippen molar-refractivity contribution in [3.05, 3.63) is 0 Å². The lowest BCUT2D eigenvalue weighted by Crippen LogP contribution is -2.42. The Morgan fingerprint density at radius 1 is 1.13 bits per heavy atom. The molecule has 0 rings (SSSR count). The average molecular weight is 391 g/mol. The summed E-state index contributed by atoms with van der Waals surface area (Å²) in [4.78, 5) is 13.1. The maximum Gasteiger partial charge on any atom is 0.470 e. The highest BCUT2D eigenvalue weighted by Gasteiger charge is 2.26. The van der Waals surface area contributed by atoms with Gasteiger partial charge < -0.3 is 14.3 Å². The van der Waals surface area contributed by atoms with Gasteiger partial charge in [0.15, 0.2) is 0 Å². The summed E-state index contributed by atoms with van der Waals surface area (Å²) in [5.74, 6) is 0. The molecule has 6 heteroatoms. The molecule has 2 unspecified atom stereocenters. The Morgan fingerprint density at radius 2 is 1.70 bits per heavy atom. The van der Waals surface area contributed by atoms with E-state index in [0.29, 0.717) is 0 Å². The number of quaternary nitrogens is 1. The van der Waals surface area contributed by atoms with Gasteiger partial charge in [-0.25, -0.2) is 4.57 Å². The molecule has 0 aromatic rings. The smallest absolute Gasteiger partial charge is 0.329 e. The lowest BCUT2D eigenvalue weighted by Gasteiger charge is -2.29. The number of phosphoric acid groups is 1.